The van der Waals surface area contributed by atoms with Gasteiger partial charge in [-0.25, -0.2) is 18.2 Å². The van der Waals surface area contributed by atoms with Gasteiger partial charge in [-0.15, -0.1) is 0 Å². The van der Waals surface area contributed by atoms with Gasteiger partial charge in [0.1, 0.15) is 11.3 Å². The molecule has 2 heterocycles. The molecule has 9 nitrogen and oxygen atoms in total. The number of aryl methyl sites for hydroxylation is 1. The molecule has 0 amide bonds. The van der Waals surface area contributed by atoms with Crippen molar-refractivity contribution in [2.24, 2.45) is 0 Å². The van der Waals surface area contributed by atoms with Crippen molar-refractivity contribution in [3.8, 4) is 5.88 Å². The van der Waals surface area contributed by atoms with E-state index in [4.69, 9.17) is 9.47 Å². The van der Waals surface area contributed by atoms with E-state index in [1.807, 2.05) is 0 Å². The quantitative estimate of drug-likeness (QED) is 0.412. The maximum absolute atomic E-state index is 12.4. The molecule has 1 aliphatic rings. The van der Waals surface area contributed by atoms with Gasteiger partial charge in [0.15, 0.2) is 9.84 Å². The molecule has 1 aromatic carbocycles. The third-order valence-corrected chi connectivity index (χ3v) is 5.50. The van der Waals surface area contributed by atoms with Gasteiger partial charge in [0.05, 0.1) is 15.4 Å². The Kier molecular flexibility index (Phi) is 4.91. The van der Waals surface area contributed by atoms with Gasteiger partial charge in [-0.3, -0.25) is 10.1 Å². The standard InChI is InChI=1S/C19H18N2O7S/c1-11-14(21(23)24)9-10-15(20-11)27-17-16(19(2,3)28-18(17)22)12-5-7-13(8-6-12)29(4,25)26/h5-10H,1-4H3. The lowest BCUT2D eigenvalue weighted by molar-refractivity contribution is -0.385. The second kappa shape index (κ2) is 6.96. The first kappa shape index (κ1) is 20.5. The topological polar surface area (TPSA) is 126 Å². The van der Waals surface area contributed by atoms with Crippen LogP contribution in [0.25, 0.3) is 5.57 Å². The van der Waals surface area contributed by atoms with Crippen molar-refractivity contribution in [2.45, 2.75) is 31.3 Å². The Labute approximate surface area is 167 Å². The number of nitrogens with zero attached hydrogens (tertiary/aromatic N) is 2. The molecule has 0 radical (unpaired) electrons. The summed E-state index contributed by atoms with van der Waals surface area (Å²) in [7, 11) is -3.37. The summed E-state index contributed by atoms with van der Waals surface area (Å²) in [6, 6.07) is 8.52. The van der Waals surface area contributed by atoms with Crippen molar-refractivity contribution < 1.29 is 27.6 Å². The van der Waals surface area contributed by atoms with E-state index in [0.29, 0.717) is 11.1 Å². The molecular formula is C19H18N2O7S. The van der Waals surface area contributed by atoms with E-state index in [0.717, 1.165) is 6.26 Å². The molecule has 0 atom stereocenters. The predicted octanol–water partition coefficient (Wildman–Crippen LogP) is 2.83. The van der Waals surface area contributed by atoms with Crippen LogP contribution in [0.2, 0.25) is 0 Å². The van der Waals surface area contributed by atoms with Gasteiger partial charge in [-0.2, -0.15) is 0 Å². The Hall–Kier alpha value is -3.27. The number of pyridine rings is 1. The Balaban J connectivity index is 2.07. The first-order chi connectivity index (χ1) is 13.4. The smallest absolute Gasteiger partial charge is 0.375 e. The first-order valence-corrected chi connectivity index (χ1v) is 10.4. The van der Waals surface area contributed by atoms with Crippen molar-refractivity contribution >= 4 is 27.1 Å². The van der Waals surface area contributed by atoms with Crippen LogP contribution in [0.1, 0.15) is 25.1 Å². The molecule has 1 aromatic heterocycles. The number of sulfone groups is 1. The molecule has 0 unspecified atom stereocenters. The highest BCUT2D eigenvalue weighted by atomic mass is 32.2. The number of rotatable bonds is 5. The van der Waals surface area contributed by atoms with Gasteiger partial charge < -0.3 is 9.47 Å². The van der Waals surface area contributed by atoms with E-state index in [-0.39, 0.29) is 27.9 Å². The van der Waals surface area contributed by atoms with E-state index < -0.39 is 26.3 Å². The predicted molar refractivity (Wildman–Crippen MR) is 103 cm³/mol. The first-order valence-electron chi connectivity index (χ1n) is 8.48. The largest absolute Gasteiger partial charge is 0.449 e. The average Bonchev–Trinajstić information content (AvgIpc) is 2.82. The highest BCUT2D eigenvalue weighted by molar-refractivity contribution is 7.90. The summed E-state index contributed by atoms with van der Waals surface area (Å²) in [6.45, 7) is 4.81. The highest BCUT2D eigenvalue weighted by Crippen LogP contribution is 2.40. The number of nitro groups is 1. The molecule has 152 valence electrons. The zero-order chi connectivity index (χ0) is 21.6. The normalized spacial score (nSPS) is 15.9. The van der Waals surface area contributed by atoms with Crippen LogP contribution in [-0.4, -0.2) is 36.2 Å². The molecule has 0 spiro atoms. The third kappa shape index (κ3) is 3.97. The van der Waals surface area contributed by atoms with Gasteiger partial charge in [-0.1, -0.05) is 12.1 Å². The van der Waals surface area contributed by atoms with Crippen LogP contribution in [0.5, 0.6) is 5.88 Å². The van der Waals surface area contributed by atoms with Crippen LogP contribution in [0.15, 0.2) is 47.1 Å². The molecule has 0 bridgehead atoms. The van der Waals surface area contributed by atoms with Crippen molar-refractivity contribution in [3.05, 3.63) is 63.5 Å². The third-order valence-electron chi connectivity index (χ3n) is 4.37. The van der Waals surface area contributed by atoms with Crippen molar-refractivity contribution in [2.75, 3.05) is 6.26 Å². The lowest BCUT2D eigenvalue weighted by atomic mass is 9.92. The Morgan fingerprint density at radius 3 is 2.28 bits per heavy atom. The summed E-state index contributed by atoms with van der Waals surface area (Å²) in [4.78, 5) is 27.0. The SMILES string of the molecule is Cc1nc(OC2=C(c3ccc(S(C)(=O)=O)cc3)C(C)(C)OC2=O)ccc1[N+](=O)[O-]. The zero-order valence-corrected chi connectivity index (χ0v) is 16.9. The van der Waals surface area contributed by atoms with Crippen LogP contribution in [0.3, 0.4) is 0 Å². The molecule has 2 aromatic rings. The molecular weight excluding hydrogens is 400 g/mol. The van der Waals surface area contributed by atoms with E-state index in [9.17, 15) is 23.3 Å². The second-order valence-corrected chi connectivity index (χ2v) is 9.03. The number of esters is 1. The molecule has 0 saturated heterocycles. The van der Waals surface area contributed by atoms with Crippen LogP contribution in [0.4, 0.5) is 5.69 Å². The summed E-state index contributed by atoms with van der Waals surface area (Å²) in [5.74, 6) is -0.819. The maximum atomic E-state index is 12.4. The van der Waals surface area contributed by atoms with Crippen LogP contribution in [0, 0.1) is 17.0 Å². The van der Waals surface area contributed by atoms with Crippen LogP contribution in [-0.2, 0) is 19.4 Å². The number of hydrogen-bond acceptors (Lipinski definition) is 8. The van der Waals surface area contributed by atoms with Crippen molar-refractivity contribution in [3.63, 3.8) is 0 Å². The fraction of sp³-hybridized carbons (Fsp3) is 0.263. The minimum absolute atomic E-state index is 0.00278. The van der Waals surface area contributed by atoms with Crippen molar-refractivity contribution in [1.82, 2.24) is 4.98 Å². The van der Waals surface area contributed by atoms with E-state index in [1.165, 1.54) is 31.2 Å². The molecule has 3 rings (SSSR count). The number of ether oxygens (including phenoxy) is 2. The second-order valence-electron chi connectivity index (χ2n) is 7.01. The minimum Gasteiger partial charge on any atom is -0.449 e. The highest BCUT2D eigenvalue weighted by Gasteiger charge is 2.43. The number of carbonyl (C=O) groups excluding carboxylic acids is 1. The van der Waals surface area contributed by atoms with Gasteiger partial charge in [0, 0.05) is 18.4 Å². The molecule has 0 saturated carbocycles. The van der Waals surface area contributed by atoms with Crippen LogP contribution >= 0.6 is 0 Å². The minimum atomic E-state index is -3.37. The lowest BCUT2D eigenvalue weighted by Crippen LogP contribution is -2.22. The summed E-state index contributed by atoms with van der Waals surface area (Å²) in [6.07, 6.45) is 1.10. The van der Waals surface area contributed by atoms with Crippen molar-refractivity contribution in [1.29, 1.82) is 0 Å². The van der Waals surface area contributed by atoms with Gasteiger partial charge in [0.2, 0.25) is 11.6 Å². The summed E-state index contributed by atoms with van der Waals surface area (Å²) in [5, 5.41) is 10.9. The van der Waals surface area contributed by atoms with Gasteiger partial charge in [-0.05, 0) is 38.5 Å². The maximum Gasteiger partial charge on any atom is 0.375 e. The van der Waals surface area contributed by atoms with Gasteiger partial charge in [0.25, 0.3) is 5.69 Å². The Morgan fingerprint density at radius 1 is 1.14 bits per heavy atom. The number of cyclic esters (lactones) is 1. The number of hydrogen-bond donors (Lipinski definition) is 0. The number of benzene rings is 1. The summed E-state index contributed by atoms with van der Waals surface area (Å²) >= 11 is 0. The monoisotopic (exact) mass is 418 g/mol. The molecule has 10 heteroatoms. The Morgan fingerprint density at radius 2 is 1.76 bits per heavy atom. The molecule has 29 heavy (non-hydrogen) atoms. The van der Waals surface area contributed by atoms with Gasteiger partial charge >= 0.3 is 5.97 Å². The van der Waals surface area contributed by atoms with E-state index in [2.05, 4.69) is 4.98 Å². The molecule has 0 fully saturated rings. The average molecular weight is 418 g/mol. The fourth-order valence-corrected chi connectivity index (χ4v) is 3.66. The zero-order valence-electron chi connectivity index (χ0n) is 16.1. The lowest BCUT2D eigenvalue weighted by Gasteiger charge is -2.21. The number of aromatic nitrogens is 1. The molecule has 0 aliphatic carbocycles. The fourth-order valence-electron chi connectivity index (χ4n) is 3.03. The Bertz CT molecular complexity index is 1150. The molecule has 0 N–H and O–H groups in total. The summed E-state index contributed by atoms with van der Waals surface area (Å²) in [5.41, 5.74) is -0.105. The van der Waals surface area contributed by atoms with E-state index >= 15 is 0 Å². The summed E-state index contributed by atoms with van der Waals surface area (Å²) < 4.78 is 34.4. The molecule has 1 aliphatic heterocycles. The number of carbonyl (C=O) groups is 1. The van der Waals surface area contributed by atoms with Crippen LogP contribution < -0.4 is 4.74 Å². The van der Waals surface area contributed by atoms with E-state index in [1.54, 1.807) is 26.0 Å².